The monoisotopic (exact) mass is 241 g/mol. The van der Waals surface area contributed by atoms with E-state index in [-0.39, 0.29) is 11.3 Å². The first kappa shape index (κ1) is 12.9. The largest absolute Gasteiger partial charge is 0.322 e. The lowest BCUT2D eigenvalue weighted by Gasteiger charge is -2.25. The predicted octanol–water partition coefficient (Wildman–Crippen LogP) is 2.05. The zero-order valence-corrected chi connectivity index (χ0v) is 10.4. The number of nitrogens with zero attached hydrogens (tertiary/aromatic N) is 1. The van der Waals surface area contributed by atoms with Crippen molar-refractivity contribution in [2.45, 2.75) is 26.8 Å². The minimum Gasteiger partial charge on any atom is -0.322 e. The van der Waals surface area contributed by atoms with Crippen molar-refractivity contribution in [3.8, 4) is 0 Å². The summed E-state index contributed by atoms with van der Waals surface area (Å²) < 4.78 is 0. The third kappa shape index (κ3) is 3.18. The van der Waals surface area contributed by atoms with Gasteiger partial charge in [0.15, 0.2) is 0 Å². The van der Waals surface area contributed by atoms with Gasteiger partial charge in [-0.1, -0.05) is 32.4 Å². The second kappa shape index (κ2) is 4.80. The van der Waals surface area contributed by atoms with Crippen LogP contribution < -0.4 is 11.1 Å². The van der Waals surface area contributed by atoms with E-state index in [1.807, 2.05) is 20.8 Å². The van der Waals surface area contributed by atoms with Crippen molar-refractivity contribution < 1.29 is 4.79 Å². The maximum absolute atomic E-state index is 11.8. The Morgan fingerprint density at radius 2 is 2.19 bits per heavy atom. The molecule has 0 radical (unpaired) electrons. The van der Waals surface area contributed by atoms with Crippen LogP contribution in [0.15, 0.2) is 18.5 Å². The molecule has 5 heteroatoms. The molecule has 0 saturated heterocycles. The van der Waals surface area contributed by atoms with Crippen molar-refractivity contribution in [1.29, 1.82) is 0 Å². The van der Waals surface area contributed by atoms with Crippen LogP contribution in [0.1, 0.15) is 20.8 Å². The third-order valence-electron chi connectivity index (χ3n) is 2.24. The molecule has 3 N–H and O–H groups in total. The SMILES string of the molecule is CC(C)(C)[C@@H](N)C(=O)Nc1cnccc1Cl. The Balaban J connectivity index is 2.76. The molecule has 1 rings (SSSR count). The van der Waals surface area contributed by atoms with E-state index in [2.05, 4.69) is 10.3 Å². The summed E-state index contributed by atoms with van der Waals surface area (Å²) in [6, 6.07) is 1.02. The van der Waals surface area contributed by atoms with Gasteiger partial charge in [-0.3, -0.25) is 9.78 Å². The Morgan fingerprint density at radius 3 is 2.69 bits per heavy atom. The average molecular weight is 242 g/mol. The highest BCUT2D eigenvalue weighted by Gasteiger charge is 2.27. The summed E-state index contributed by atoms with van der Waals surface area (Å²) in [5.41, 5.74) is 6.00. The molecule has 1 heterocycles. The number of hydrogen-bond acceptors (Lipinski definition) is 3. The standard InChI is InChI=1S/C11H16ClN3O/c1-11(2,3)9(13)10(16)15-8-6-14-5-4-7(8)12/h4-6,9H,13H2,1-3H3,(H,15,16)/t9-/m0/s1. The second-order valence-electron chi connectivity index (χ2n) is 4.69. The van der Waals surface area contributed by atoms with Gasteiger partial charge in [-0.05, 0) is 11.5 Å². The number of amides is 1. The fraction of sp³-hybridized carbons (Fsp3) is 0.455. The van der Waals surface area contributed by atoms with Crippen molar-refractivity contribution in [3.63, 3.8) is 0 Å². The van der Waals surface area contributed by atoms with E-state index >= 15 is 0 Å². The van der Waals surface area contributed by atoms with Gasteiger partial charge in [-0.2, -0.15) is 0 Å². The number of pyridine rings is 1. The molecule has 0 unspecified atom stereocenters. The molecule has 0 aliphatic rings. The second-order valence-corrected chi connectivity index (χ2v) is 5.10. The van der Waals surface area contributed by atoms with Crippen LogP contribution in [0.5, 0.6) is 0 Å². The van der Waals surface area contributed by atoms with Gasteiger partial charge in [0.25, 0.3) is 0 Å². The first-order chi connectivity index (χ1) is 7.32. The van der Waals surface area contributed by atoms with Gasteiger partial charge in [-0.25, -0.2) is 0 Å². The number of aromatic nitrogens is 1. The van der Waals surface area contributed by atoms with Crippen LogP contribution in [0, 0.1) is 5.41 Å². The van der Waals surface area contributed by atoms with E-state index in [0.717, 1.165) is 0 Å². The van der Waals surface area contributed by atoms with Gasteiger partial charge in [0.2, 0.25) is 5.91 Å². The molecule has 1 atom stereocenters. The van der Waals surface area contributed by atoms with Crippen molar-refractivity contribution >= 4 is 23.2 Å². The normalized spacial score (nSPS) is 13.3. The zero-order valence-electron chi connectivity index (χ0n) is 9.62. The first-order valence-electron chi connectivity index (χ1n) is 4.98. The highest BCUT2D eigenvalue weighted by atomic mass is 35.5. The summed E-state index contributed by atoms with van der Waals surface area (Å²) in [4.78, 5) is 15.7. The predicted molar refractivity (Wildman–Crippen MR) is 65.3 cm³/mol. The Morgan fingerprint density at radius 1 is 1.56 bits per heavy atom. The number of carbonyl (C=O) groups is 1. The number of nitrogens with one attached hydrogen (secondary N) is 1. The van der Waals surface area contributed by atoms with Crippen LogP contribution in [-0.4, -0.2) is 16.9 Å². The summed E-state index contributed by atoms with van der Waals surface area (Å²) in [6.07, 6.45) is 3.05. The van der Waals surface area contributed by atoms with Crippen LogP contribution in [0.25, 0.3) is 0 Å². The molecule has 4 nitrogen and oxygen atoms in total. The highest BCUT2D eigenvalue weighted by Crippen LogP contribution is 2.22. The minimum absolute atomic E-state index is 0.262. The van der Waals surface area contributed by atoms with E-state index in [4.69, 9.17) is 17.3 Å². The van der Waals surface area contributed by atoms with E-state index in [9.17, 15) is 4.79 Å². The molecular formula is C11H16ClN3O. The molecule has 16 heavy (non-hydrogen) atoms. The lowest BCUT2D eigenvalue weighted by atomic mass is 9.87. The lowest BCUT2D eigenvalue weighted by Crippen LogP contribution is -2.45. The molecule has 88 valence electrons. The zero-order chi connectivity index (χ0) is 12.3. The summed E-state index contributed by atoms with van der Waals surface area (Å²) in [5, 5.41) is 3.11. The van der Waals surface area contributed by atoms with E-state index in [1.54, 1.807) is 12.3 Å². The number of rotatable bonds is 2. The quantitative estimate of drug-likeness (QED) is 0.833. The van der Waals surface area contributed by atoms with Gasteiger partial charge < -0.3 is 11.1 Å². The van der Waals surface area contributed by atoms with Gasteiger partial charge in [0.1, 0.15) is 0 Å². The third-order valence-corrected chi connectivity index (χ3v) is 2.57. The van der Waals surface area contributed by atoms with Gasteiger partial charge in [0, 0.05) is 6.20 Å². The molecule has 1 aromatic rings. The van der Waals surface area contributed by atoms with Crippen LogP contribution in [0.3, 0.4) is 0 Å². The summed E-state index contributed by atoms with van der Waals surface area (Å²) in [6.45, 7) is 5.71. The molecule has 1 aromatic heterocycles. The molecular weight excluding hydrogens is 226 g/mol. The number of hydrogen-bond donors (Lipinski definition) is 2. The van der Waals surface area contributed by atoms with Crippen LogP contribution in [0.2, 0.25) is 5.02 Å². The summed E-state index contributed by atoms with van der Waals surface area (Å²) >= 11 is 5.89. The van der Waals surface area contributed by atoms with Crippen molar-refractivity contribution in [3.05, 3.63) is 23.5 Å². The molecule has 0 aliphatic carbocycles. The summed E-state index contributed by atoms with van der Waals surface area (Å²) in [7, 11) is 0. The Labute approximate surface area is 100 Å². The van der Waals surface area contributed by atoms with Crippen LogP contribution in [0.4, 0.5) is 5.69 Å². The average Bonchev–Trinajstić information content (AvgIpc) is 2.19. The molecule has 0 aromatic carbocycles. The van der Waals surface area contributed by atoms with Gasteiger partial charge >= 0.3 is 0 Å². The minimum atomic E-state index is -0.594. The fourth-order valence-electron chi connectivity index (χ4n) is 1.07. The fourth-order valence-corrected chi connectivity index (χ4v) is 1.23. The topological polar surface area (TPSA) is 68.0 Å². The molecule has 0 fully saturated rings. The maximum atomic E-state index is 11.8. The van der Waals surface area contributed by atoms with Crippen molar-refractivity contribution in [1.82, 2.24) is 4.98 Å². The molecule has 0 spiro atoms. The van der Waals surface area contributed by atoms with Crippen LogP contribution in [-0.2, 0) is 4.79 Å². The van der Waals surface area contributed by atoms with Crippen LogP contribution >= 0.6 is 11.6 Å². The molecule has 0 aliphatic heterocycles. The summed E-state index contributed by atoms with van der Waals surface area (Å²) in [5.74, 6) is -0.262. The van der Waals surface area contributed by atoms with E-state index < -0.39 is 6.04 Å². The Hall–Kier alpha value is -1.13. The Kier molecular flexibility index (Phi) is 3.88. The van der Waals surface area contributed by atoms with Crippen molar-refractivity contribution in [2.75, 3.05) is 5.32 Å². The molecule has 0 bridgehead atoms. The molecule has 1 amide bonds. The van der Waals surface area contributed by atoms with E-state index in [1.165, 1.54) is 6.20 Å². The lowest BCUT2D eigenvalue weighted by molar-refractivity contribution is -0.119. The van der Waals surface area contributed by atoms with Crippen molar-refractivity contribution in [2.24, 2.45) is 11.1 Å². The number of anilines is 1. The Bertz CT molecular complexity index is 387. The smallest absolute Gasteiger partial charge is 0.241 e. The van der Waals surface area contributed by atoms with Gasteiger partial charge in [0.05, 0.1) is 22.9 Å². The van der Waals surface area contributed by atoms with Gasteiger partial charge in [-0.15, -0.1) is 0 Å². The van der Waals surface area contributed by atoms with E-state index in [0.29, 0.717) is 10.7 Å². The maximum Gasteiger partial charge on any atom is 0.241 e. The molecule has 0 saturated carbocycles. The number of carbonyl (C=O) groups excluding carboxylic acids is 1. The first-order valence-corrected chi connectivity index (χ1v) is 5.36. The number of halogens is 1. The number of nitrogens with two attached hydrogens (primary N) is 1. The highest BCUT2D eigenvalue weighted by molar-refractivity contribution is 6.33.